The molecule has 92 valence electrons. The molecule has 2 aromatic rings. The van der Waals surface area contributed by atoms with E-state index in [4.69, 9.17) is 5.73 Å². The predicted octanol–water partition coefficient (Wildman–Crippen LogP) is 0.437. The van der Waals surface area contributed by atoms with Crippen molar-refractivity contribution in [3.8, 4) is 0 Å². The van der Waals surface area contributed by atoms with Crippen molar-refractivity contribution < 1.29 is 9.59 Å². The Bertz CT molecular complexity index is 647. The number of imidazole rings is 1. The molecule has 2 amide bonds. The number of carbonyl (C=O) groups excluding carboxylic acids is 2. The first-order chi connectivity index (χ1) is 8.63. The molecule has 0 spiro atoms. The second-order valence-electron chi connectivity index (χ2n) is 4.40. The third-order valence-electron chi connectivity index (χ3n) is 3.14. The number of fused-ring (bicyclic) bond motifs is 1. The number of rotatable bonds is 1. The van der Waals surface area contributed by atoms with E-state index in [0.29, 0.717) is 24.3 Å². The Labute approximate surface area is 103 Å². The monoisotopic (exact) mass is 244 g/mol. The summed E-state index contributed by atoms with van der Waals surface area (Å²) in [5.74, 6) is -0.293. The minimum atomic E-state index is -0.286. The number of hydrogen-bond donors (Lipinski definition) is 2. The van der Waals surface area contributed by atoms with E-state index in [1.807, 2.05) is 18.3 Å². The first kappa shape index (κ1) is 10.8. The van der Waals surface area contributed by atoms with Crippen LogP contribution in [0.4, 0.5) is 5.82 Å². The van der Waals surface area contributed by atoms with Crippen LogP contribution < -0.4 is 11.1 Å². The SMILES string of the molecule is Nc1cn2ccc(C3CCC(=O)NC3=O)cc2n1. The maximum absolute atomic E-state index is 11.8. The van der Waals surface area contributed by atoms with Crippen LogP contribution in [0.1, 0.15) is 24.3 Å². The molecule has 0 saturated carbocycles. The molecule has 18 heavy (non-hydrogen) atoms. The standard InChI is InChI=1S/C12H12N4O2/c13-9-6-16-4-3-7(5-10(16)14-9)8-1-2-11(17)15-12(8)18/h3-6,8H,1-2,13H2,(H,15,17,18). The number of nitrogen functional groups attached to an aromatic ring is 1. The second-order valence-corrected chi connectivity index (χ2v) is 4.40. The van der Waals surface area contributed by atoms with Crippen molar-refractivity contribution >= 4 is 23.3 Å². The van der Waals surface area contributed by atoms with Crippen LogP contribution in [-0.4, -0.2) is 21.2 Å². The average molecular weight is 244 g/mol. The molecule has 0 aliphatic carbocycles. The summed E-state index contributed by atoms with van der Waals surface area (Å²) in [5, 5.41) is 2.35. The van der Waals surface area contributed by atoms with Crippen molar-refractivity contribution in [3.63, 3.8) is 0 Å². The van der Waals surface area contributed by atoms with Crippen LogP contribution in [-0.2, 0) is 9.59 Å². The highest BCUT2D eigenvalue weighted by Crippen LogP contribution is 2.25. The van der Waals surface area contributed by atoms with Crippen molar-refractivity contribution in [3.05, 3.63) is 30.1 Å². The summed E-state index contributed by atoms with van der Waals surface area (Å²) in [6.07, 6.45) is 4.44. The number of aromatic nitrogens is 2. The molecule has 0 aromatic carbocycles. The number of piperidine rings is 1. The lowest BCUT2D eigenvalue weighted by atomic mass is 9.91. The summed E-state index contributed by atoms with van der Waals surface area (Å²) >= 11 is 0. The number of nitrogens with zero attached hydrogens (tertiary/aromatic N) is 2. The minimum absolute atomic E-state index is 0.206. The second kappa shape index (κ2) is 3.83. The fourth-order valence-corrected chi connectivity index (χ4v) is 2.25. The molecule has 0 radical (unpaired) electrons. The lowest BCUT2D eigenvalue weighted by molar-refractivity contribution is -0.134. The van der Waals surface area contributed by atoms with E-state index < -0.39 is 0 Å². The first-order valence-corrected chi connectivity index (χ1v) is 5.71. The molecule has 3 rings (SSSR count). The largest absolute Gasteiger partial charge is 0.382 e. The van der Waals surface area contributed by atoms with Crippen LogP contribution in [0.25, 0.3) is 5.65 Å². The Kier molecular flexibility index (Phi) is 2.29. The van der Waals surface area contributed by atoms with E-state index in [1.165, 1.54) is 0 Å². The van der Waals surface area contributed by atoms with Gasteiger partial charge in [-0.2, -0.15) is 0 Å². The number of pyridine rings is 1. The zero-order chi connectivity index (χ0) is 12.7. The lowest BCUT2D eigenvalue weighted by Gasteiger charge is -2.20. The molecule has 2 aromatic heterocycles. The van der Waals surface area contributed by atoms with E-state index in [-0.39, 0.29) is 17.7 Å². The molecule has 0 bridgehead atoms. The highest BCUT2D eigenvalue weighted by Gasteiger charge is 2.28. The van der Waals surface area contributed by atoms with E-state index in [1.54, 1.807) is 10.6 Å². The predicted molar refractivity (Wildman–Crippen MR) is 64.7 cm³/mol. The molecule has 3 heterocycles. The van der Waals surface area contributed by atoms with Gasteiger partial charge < -0.3 is 10.1 Å². The van der Waals surface area contributed by atoms with E-state index in [0.717, 1.165) is 5.56 Å². The van der Waals surface area contributed by atoms with Gasteiger partial charge in [-0.05, 0) is 24.1 Å². The fraction of sp³-hybridized carbons (Fsp3) is 0.250. The molecular weight excluding hydrogens is 232 g/mol. The fourth-order valence-electron chi connectivity index (χ4n) is 2.25. The number of hydrogen-bond acceptors (Lipinski definition) is 4. The summed E-state index contributed by atoms with van der Waals surface area (Å²) in [4.78, 5) is 27.0. The summed E-state index contributed by atoms with van der Waals surface area (Å²) in [7, 11) is 0. The van der Waals surface area contributed by atoms with Gasteiger partial charge in [-0.15, -0.1) is 0 Å². The zero-order valence-corrected chi connectivity index (χ0v) is 9.59. The molecule has 1 unspecified atom stereocenters. The average Bonchev–Trinajstić information content (AvgIpc) is 2.68. The van der Waals surface area contributed by atoms with E-state index in [9.17, 15) is 9.59 Å². The van der Waals surface area contributed by atoms with Crippen LogP contribution in [0.15, 0.2) is 24.5 Å². The number of carbonyl (C=O) groups is 2. The van der Waals surface area contributed by atoms with Crippen molar-refractivity contribution in [2.45, 2.75) is 18.8 Å². The number of imide groups is 1. The highest BCUT2D eigenvalue weighted by molar-refractivity contribution is 6.01. The van der Waals surface area contributed by atoms with Crippen molar-refractivity contribution in [2.24, 2.45) is 0 Å². The maximum Gasteiger partial charge on any atom is 0.234 e. The summed E-state index contributed by atoms with van der Waals surface area (Å²) in [6, 6.07) is 3.69. The van der Waals surface area contributed by atoms with Crippen molar-refractivity contribution in [1.29, 1.82) is 0 Å². The van der Waals surface area contributed by atoms with Gasteiger partial charge in [-0.25, -0.2) is 4.98 Å². The summed E-state index contributed by atoms with van der Waals surface area (Å²) in [5.41, 5.74) is 7.17. The van der Waals surface area contributed by atoms with Crippen LogP contribution in [0, 0.1) is 0 Å². The van der Waals surface area contributed by atoms with Crippen LogP contribution in [0.5, 0.6) is 0 Å². The number of anilines is 1. The molecule has 1 fully saturated rings. The summed E-state index contributed by atoms with van der Waals surface area (Å²) < 4.78 is 1.80. The molecule has 6 nitrogen and oxygen atoms in total. The minimum Gasteiger partial charge on any atom is -0.382 e. The highest BCUT2D eigenvalue weighted by atomic mass is 16.2. The molecule has 1 atom stereocenters. The van der Waals surface area contributed by atoms with Gasteiger partial charge in [0.1, 0.15) is 11.5 Å². The topological polar surface area (TPSA) is 89.5 Å². The van der Waals surface area contributed by atoms with Gasteiger partial charge in [0.25, 0.3) is 0 Å². The van der Waals surface area contributed by atoms with Gasteiger partial charge in [-0.1, -0.05) is 0 Å². The normalized spacial score (nSPS) is 20.1. The molecule has 6 heteroatoms. The van der Waals surface area contributed by atoms with Crippen molar-refractivity contribution in [1.82, 2.24) is 14.7 Å². The maximum atomic E-state index is 11.8. The molecule has 3 N–H and O–H groups in total. The smallest absolute Gasteiger partial charge is 0.234 e. The number of amides is 2. The third kappa shape index (κ3) is 1.71. The number of nitrogens with one attached hydrogen (secondary N) is 1. The zero-order valence-electron chi connectivity index (χ0n) is 9.59. The van der Waals surface area contributed by atoms with Crippen molar-refractivity contribution in [2.75, 3.05) is 5.73 Å². The van der Waals surface area contributed by atoms with Gasteiger partial charge >= 0.3 is 0 Å². The van der Waals surface area contributed by atoms with Gasteiger partial charge in [0.2, 0.25) is 11.8 Å². The molecular formula is C12H12N4O2. The Balaban J connectivity index is 1.98. The van der Waals surface area contributed by atoms with Gasteiger partial charge in [0.05, 0.1) is 12.1 Å². The molecule has 1 saturated heterocycles. The van der Waals surface area contributed by atoms with E-state index in [2.05, 4.69) is 10.3 Å². The van der Waals surface area contributed by atoms with Crippen LogP contribution >= 0.6 is 0 Å². The lowest BCUT2D eigenvalue weighted by Crippen LogP contribution is -2.39. The van der Waals surface area contributed by atoms with Crippen LogP contribution in [0.3, 0.4) is 0 Å². The first-order valence-electron chi connectivity index (χ1n) is 5.71. The Hall–Kier alpha value is -2.37. The van der Waals surface area contributed by atoms with Gasteiger partial charge in [0, 0.05) is 12.6 Å². The Morgan fingerprint density at radius 3 is 3.06 bits per heavy atom. The molecule has 1 aliphatic heterocycles. The Morgan fingerprint density at radius 2 is 2.28 bits per heavy atom. The Morgan fingerprint density at radius 1 is 1.44 bits per heavy atom. The van der Waals surface area contributed by atoms with Crippen LogP contribution in [0.2, 0.25) is 0 Å². The van der Waals surface area contributed by atoms with Gasteiger partial charge in [0.15, 0.2) is 0 Å². The number of nitrogens with two attached hydrogens (primary N) is 1. The quantitative estimate of drug-likeness (QED) is 0.712. The summed E-state index contributed by atoms with van der Waals surface area (Å²) in [6.45, 7) is 0. The van der Waals surface area contributed by atoms with E-state index >= 15 is 0 Å². The molecule has 1 aliphatic rings. The van der Waals surface area contributed by atoms with Gasteiger partial charge in [-0.3, -0.25) is 14.9 Å². The third-order valence-corrected chi connectivity index (χ3v) is 3.14.